The van der Waals surface area contributed by atoms with Gasteiger partial charge in [-0.25, -0.2) is 18.4 Å². The first-order chi connectivity index (χ1) is 19.2. The van der Waals surface area contributed by atoms with Crippen LogP contribution in [-0.4, -0.2) is 65.7 Å². The van der Waals surface area contributed by atoms with Gasteiger partial charge in [-0.3, -0.25) is 0 Å². The van der Waals surface area contributed by atoms with Crippen molar-refractivity contribution in [2.24, 2.45) is 0 Å². The Hall–Kier alpha value is -2.95. The highest BCUT2D eigenvalue weighted by Crippen LogP contribution is 2.31. The number of rotatable bonds is 8. The molecule has 0 atom stereocenters. The van der Waals surface area contributed by atoms with Crippen molar-refractivity contribution >= 4 is 50.4 Å². The predicted molar refractivity (Wildman–Crippen MR) is 162 cm³/mol. The molecule has 2 saturated heterocycles. The molecule has 0 saturated carbocycles. The number of hydrogen-bond donors (Lipinski definition) is 2. The number of piperidine rings is 2. The van der Waals surface area contributed by atoms with Crippen molar-refractivity contribution in [3.63, 3.8) is 0 Å². The van der Waals surface area contributed by atoms with Gasteiger partial charge in [-0.15, -0.1) is 0 Å². The van der Waals surface area contributed by atoms with Crippen LogP contribution in [0.5, 0.6) is 0 Å². The topological polar surface area (TPSA) is 103 Å². The summed E-state index contributed by atoms with van der Waals surface area (Å²) < 4.78 is 25.7. The lowest BCUT2D eigenvalue weighted by molar-refractivity contribution is 0.141. The lowest BCUT2D eigenvalue weighted by atomic mass is 10.00. The van der Waals surface area contributed by atoms with Crippen molar-refractivity contribution in [2.45, 2.75) is 69.1 Å². The number of nitrogens with zero attached hydrogens (tertiary/aromatic N) is 5. The summed E-state index contributed by atoms with van der Waals surface area (Å²) in [5.41, 5.74) is 2.05. The average Bonchev–Trinajstić information content (AvgIpc) is 2.96. The summed E-state index contributed by atoms with van der Waals surface area (Å²) in [4.78, 5) is 19.0. The van der Waals surface area contributed by atoms with Crippen LogP contribution in [0.15, 0.2) is 47.5 Å². The Kier molecular flexibility index (Phi) is 8.77. The largest absolute Gasteiger partial charge is 0.356 e. The van der Waals surface area contributed by atoms with Gasteiger partial charge >= 0.3 is 0 Å². The molecule has 0 unspecified atom stereocenters. The number of sulfone groups is 1. The fourth-order valence-electron chi connectivity index (χ4n) is 5.43. The zero-order chi connectivity index (χ0) is 28.3. The molecule has 5 rings (SSSR count). The number of benzene rings is 1. The van der Waals surface area contributed by atoms with Crippen molar-refractivity contribution in [1.82, 2.24) is 19.9 Å². The van der Waals surface area contributed by atoms with Gasteiger partial charge < -0.3 is 20.4 Å². The summed E-state index contributed by atoms with van der Waals surface area (Å²) in [6.45, 7) is 9.81. The van der Waals surface area contributed by atoms with Crippen LogP contribution >= 0.6 is 11.6 Å². The third-order valence-electron chi connectivity index (χ3n) is 7.82. The monoisotopic (exact) mass is 583 g/mol. The first kappa shape index (κ1) is 28.6. The molecule has 40 heavy (non-hydrogen) atoms. The van der Waals surface area contributed by atoms with Gasteiger partial charge in [0.15, 0.2) is 15.7 Å². The van der Waals surface area contributed by atoms with Crippen molar-refractivity contribution in [3.8, 4) is 0 Å². The maximum absolute atomic E-state index is 12.9. The molecular formula is C29H38ClN7O2S. The number of para-hydroxylation sites is 1. The number of hydrogen-bond acceptors (Lipinski definition) is 9. The van der Waals surface area contributed by atoms with Crippen LogP contribution in [0.25, 0.3) is 0 Å². The molecule has 1 aromatic carbocycles. The Morgan fingerprint density at radius 2 is 1.65 bits per heavy atom. The van der Waals surface area contributed by atoms with E-state index in [0.29, 0.717) is 23.5 Å². The van der Waals surface area contributed by atoms with E-state index in [1.54, 1.807) is 38.1 Å². The number of anilines is 5. The van der Waals surface area contributed by atoms with E-state index >= 15 is 0 Å². The number of aromatic nitrogens is 3. The summed E-state index contributed by atoms with van der Waals surface area (Å²) in [6, 6.07) is 11.5. The minimum Gasteiger partial charge on any atom is -0.356 e. The molecule has 2 aliphatic rings. The number of pyridine rings is 1. The van der Waals surface area contributed by atoms with E-state index in [4.69, 9.17) is 16.6 Å². The zero-order valence-electron chi connectivity index (χ0n) is 23.4. The molecule has 214 valence electrons. The molecule has 0 aliphatic carbocycles. The molecule has 3 aromatic rings. The Labute approximate surface area is 242 Å². The van der Waals surface area contributed by atoms with E-state index in [9.17, 15) is 8.42 Å². The second kappa shape index (κ2) is 12.3. The zero-order valence-corrected chi connectivity index (χ0v) is 25.0. The molecule has 0 spiro atoms. The minimum absolute atomic E-state index is 0.199. The second-order valence-electron chi connectivity index (χ2n) is 10.8. The number of nitrogens with one attached hydrogen (secondary N) is 2. The molecule has 11 heteroatoms. The van der Waals surface area contributed by atoms with Gasteiger partial charge in [-0.1, -0.05) is 30.2 Å². The fourth-order valence-corrected chi connectivity index (χ4v) is 6.77. The summed E-state index contributed by atoms with van der Waals surface area (Å²) >= 11 is 6.39. The number of likely N-dealkylation sites (tertiary alicyclic amines) is 1. The van der Waals surface area contributed by atoms with E-state index in [1.807, 2.05) is 19.1 Å². The van der Waals surface area contributed by atoms with Crippen LogP contribution in [0.1, 0.15) is 51.6 Å². The summed E-state index contributed by atoms with van der Waals surface area (Å²) in [5.74, 6) is 1.63. The number of aryl methyl sites for hydroxylation is 1. The van der Waals surface area contributed by atoms with Gasteiger partial charge in [0, 0.05) is 19.1 Å². The van der Waals surface area contributed by atoms with E-state index in [0.717, 1.165) is 30.3 Å². The highest BCUT2D eigenvalue weighted by Gasteiger charge is 2.26. The highest BCUT2D eigenvalue weighted by atomic mass is 35.5. The van der Waals surface area contributed by atoms with Crippen molar-refractivity contribution < 1.29 is 8.42 Å². The highest BCUT2D eigenvalue weighted by molar-refractivity contribution is 7.92. The molecule has 4 heterocycles. The van der Waals surface area contributed by atoms with Crippen molar-refractivity contribution in [1.29, 1.82) is 0 Å². The quantitative estimate of drug-likeness (QED) is 0.332. The second-order valence-corrected chi connectivity index (χ2v) is 13.7. The smallest absolute Gasteiger partial charge is 0.229 e. The summed E-state index contributed by atoms with van der Waals surface area (Å²) in [5, 5.41) is 6.05. The Morgan fingerprint density at radius 3 is 2.35 bits per heavy atom. The van der Waals surface area contributed by atoms with E-state index in [-0.39, 0.29) is 9.92 Å². The maximum atomic E-state index is 12.9. The Balaban J connectivity index is 1.27. The van der Waals surface area contributed by atoms with Gasteiger partial charge in [0.25, 0.3) is 0 Å². The van der Waals surface area contributed by atoms with E-state index < -0.39 is 15.1 Å². The molecule has 0 amide bonds. The molecule has 2 aromatic heterocycles. The predicted octanol–water partition coefficient (Wildman–Crippen LogP) is 5.96. The average molecular weight is 584 g/mol. The summed E-state index contributed by atoms with van der Waals surface area (Å²) in [6.07, 6.45) is 7.87. The van der Waals surface area contributed by atoms with Gasteiger partial charge in [-0.05, 0) is 83.8 Å². The SMILES string of the molecule is Cc1nc(N2CCC(N3CCCCC3)CC2)ccc1Nc1ncc(Cl)c(Nc2ccccc2S(=O)(=O)C(C)C)n1. The standard InChI is InChI=1S/C29H38ClN7O2S/c1-20(2)40(38,39)26-10-6-5-9-25(26)33-28-23(30)19-31-29(35-28)34-24-11-12-27(32-21(24)3)37-17-13-22(14-18-37)36-15-7-4-8-16-36/h5-6,9-12,19-20,22H,4,7-8,13-18H2,1-3H3,(H2,31,33,34,35). The third kappa shape index (κ3) is 6.34. The molecule has 2 fully saturated rings. The van der Waals surface area contributed by atoms with Crippen LogP contribution in [0.3, 0.4) is 0 Å². The molecule has 0 bridgehead atoms. The van der Waals surface area contributed by atoms with Crippen LogP contribution in [0, 0.1) is 6.92 Å². The van der Waals surface area contributed by atoms with Crippen molar-refractivity contribution in [3.05, 3.63) is 53.3 Å². The minimum atomic E-state index is -3.51. The first-order valence-electron chi connectivity index (χ1n) is 14.1. The van der Waals surface area contributed by atoms with Crippen LogP contribution < -0.4 is 15.5 Å². The lowest BCUT2D eigenvalue weighted by Crippen LogP contribution is -2.46. The molecule has 0 radical (unpaired) electrons. The van der Waals surface area contributed by atoms with Gasteiger partial charge in [0.05, 0.1) is 33.4 Å². The van der Waals surface area contributed by atoms with E-state index in [1.165, 1.54) is 51.4 Å². The maximum Gasteiger partial charge on any atom is 0.229 e. The normalized spacial score (nSPS) is 17.3. The first-order valence-corrected chi connectivity index (χ1v) is 16.0. The third-order valence-corrected chi connectivity index (χ3v) is 10.3. The molecular weight excluding hydrogens is 546 g/mol. The molecule has 2 N–H and O–H groups in total. The molecule has 2 aliphatic heterocycles. The van der Waals surface area contributed by atoms with Gasteiger partial charge in [0.1, 0.15) is 10.8 Å². The van der Waals surface area contributed by atoms with Crippen LogP contribution in [0.2, 0.25) is 5.02 Å². The summed E-state index contributed by atoms with van der Waals surface area (Å²) in [7, 11) is -3.51. The van der Waals surface area contributed by atoms with Gasteiger partial charge in [-0.2, -0.15) is 4.98 Å². The Morgan fingerprint density at radius 1 is 0.925 bits per heavy atom. The number of halogens is 1. The fraction of sp³-hybridized carbons (Fsp3) is 0.483. The lowest BCUT2D eigenvalue weighted by Gasteiger charge is -2.40. The van der Waals surface area contributed by atoms with Gasteiger partial charge in [0.2, 0.25) is 5.95 Å². The Bertz CT molecular complexity index is 1440. The van der Waals surface area contributed by atoms with Crippen LogP contribution in [-0.2, 0) is 9.84 Å². The van der Waals surface area contributed by atoms with Crippen LogP contribution in [0.4, 0.5) is 29.0 Å². The van der Waals surface area contributed by atoms with E-state index in [2.05, 4.69) is 30.4 Å². The van der Waals surface area contributed by atoms with Crippen molar-refractivity contribution in [2.75, 3.05) is 41.7 Å². The molecule has 9 nitrogen and oxygen atoms in total.